The van der Waals surface area contributed by atoms with Crippen molar-refractivity contribution in [1.29, 1.82) is 0 Å². The number of hydrogen-bond donors (Lipinski definition) is 0. The lowest BCUT2D eigenvalue weighted by Crippen LogP contribution is -2.33. The van der Waals surface area contributed by atoms with Gasteiger partial charge in [0.05, 0.1) is 17.5 Å². The van der Waals surface area contributed by atoms with Gasteiger partial charge in [0, 0.05) is 26.7 Å². The lowest BCUT2D eigenvalue weighted by atomic mass is 10.1. The van der Waals surface area contributed by atoms with Gasteiger partial charge in [-0.15, -0.1) is 0 Å². The van der Waals surface area contributed by atoms with Crippen LogP contribution in [0.3, 0.4) is 0 Å². The first-order valence-corrected chi connectivity index (χ1v) is 8.98. The van der Waals surface area contributed by atoms with Crippen molar-refractivity contribution >= 4 is 15.8 Å². The van der Waals surface area contributed by atoms with Crippen molar-refractivity contribution in [2.75, 3.05) is 31.3 Å². The van der Waals surface area contributed by atoms with Gasteiger partial charge >= 0.3 is 0 Å². The topological polar surface area (TPSA) is 66.4 Å². The molecule has 2 rings (SSSR count). The minimum Gasteiger partial charge on any atom is -0.363 e. The number of rotatable bonds is 5. The van der Waals surface area contributed by atoms with Crippen LogP contribution in [0.2, 0.25) is 0 Å². The molecule has 0 bridgehead atoms. The van der Waals surface area contributed by atoms with E-state index in [0.717, 1.165) is 24.4 Å². The fourth-order valence-electron chi connectivity index (χ4n) is 2.72. The van der Waals surface area contributed by atoms with Crippen LogP contribution in [0, 0.1) is 6.92 Å². The summed E-state index contributed by atoms with van der Waals surface area (Å²) >= 11 is 0. The maximum Gasteiger partial charge on any atom is 0.214 e. The zero-order valence-corrected chi connectivity index (χ0v) is 14.0. The molecule has 0 aliphatic carbocycles. The van der Waals surface area contributed by atoms with Gasteiger partial charge in [0.1, 0.15) is 11.6 Å². The Hall–Kier alpha value is -1.21. The third-order valence-electron chi connectivity index (χ3n) is 3.67. The molecule has 0 spiro atoms. The SMILES string of the molecule is CCCS(=O)(=O)N1CCCC1c1cc(N(C)C)nc(C)n1. The average molecular weight is 312 g/mol. The summed E-state index contributed by atoms with van der Waals surface area (Å²) in [5.41, 5.74) is 0.809. The van der Waals surface area contributed by atoms with E-state index >= 15 is 0 Å². The minimum absolute atomic E-state index is 0.151. The molecule has 21 heavy (non-hydrogen) atoms. The Morgan fingerprint density at radius 1 is 1.38 bits per heavy atom. The quantitative estimate of drug-likeness (QED) is 0.828. The number of aromatic nitrogens is 2. The van der Waals surface area contributed by atoms with E-state index in [9.17, 15) is 8.42 Å². The first kappa shape index (κ1) is 16.2. The molecular formula is C14H24N4O2S. The molecule has 1 aromatic heterocycles. The molecule has 0 aromatic carbocycles. The molecule has 118 valence electrons. The minimum atomic E-state index is -3.19. The molecule has 1 aliphatic rings. The summed E-state index contributed by atoms with van der Waals surface area (Å²) in [4.78, 5) is 10.8. The van der Waals surface area contributed by atoms with Gasteiger partial charge in [0.25, 0.3) is 0 Å². The Labute approximate surface area is 127 Å². The van der Waals surface area contributed by atoms with Crippen LogP contribution in [-0.4, -0.2) is 49.1 Å². The summed E-state index contributed by atoms with van der Waals surface area (Å²) in [7, 11) is 0.651. The van der Waals surface area contributed by atoms with Crippen LogP contribution in [-0.2, 0) is 10.0 Å². The van der Waals surface area contributed by atoms with Gasteiger partial charge in [-0.05, 0) is 26.2 Å². The van der Waals surface area contributed by atoms with Gasteiger partial charge in [-0.25, -0.2) is 18.4 Å². The van der Waals surface area contributed by atoms with E-state index in [-0.39, 0.29) is 11.8 Å². The Balaban J connectivity index is 2.36. The third-order valence-corrected chi connectivity index (χ3v) is 5.74. The van der Waals surface area contributed by atoms with E-state index in [1.165, 1.54) is 0 Å². The highest BCUT2D eigenvalue weighted by atomic mass is 32.2. The van der Waals surface area contributed by atoms with E-state index in [0.29, 0.717) is 18.8 Å². The van der Waals surface area contributed by atoms with E-state index < -0.39 is 10.0 Å². The van der Waals surface area contributed by atoms with Crippen molar-refractivity contribution in [3.05, 3.63) is 17.6 Å². The van der Waals surface area contributed by atoms with Crippen molar-refractivity contribution < 1.29 is 8.42 Å². The van der Waals surface area contributed by atoms with Gasteiger partial charge in [-0.2, -0.15) is 4.31 Å². The van der Waals surface area contributed by atoms with Crippen LogP contribution in [0.25, 0.3) is 0 Å². The maximum absolute atomic E-state index is 12.4. The third kappa shape index (κ3) is 3.52. The number of anilines is 1. The molecule has 0 N–H and O–H groups in total. The standard InChI is InChI=1S/C14H24N4O2S/c1-5-9-21(19,20)18-8-6-7-13(18)12-10-14(17(3)4)16-11(2)15-12/h10,13H,5-9H2,1-4H3. The average Bonchev–Trinajstić information content (AvgIpc) is 2.87. The first-order valence-electron chi connectivity index (χ1n) is 7.37. The Morgan fingerprint density at radius 3 is 2.71 bits per heavy atom. The van der Waals surface area contributed by atoms with Gasteiger partial charge in [-0.3, -0.25) is 0 Å². The number of sulfonamides is 1. The highest BCUT2D eigenvalue weighted by molar-refractivity contribution is 7.89. The summed E-state index contributed by atoms with van der Waals surface area (Å²) in [5.74, 6) is 1.70. The van der Waals surface area contributed by atoms with Crippen molar-refractivity contribution in [3.63, 3.8) is 0 Å². The van der Waals surface area contributed by atoms with Crippen molar-refractivity contribution in [1.82, 2.24) is 14.3 Å². The van der Waals surface area contributed by atoms with Crippen molar-refractivity contribution in [2.45, 2.75) is 39.2 Å². The largest absolute Gasteiger partial charge is 0.363 e. The molecule has 7 heteroatoms. The van der Waals surface area contributed by atoms with E-state index in [1.807, 2.05) is 38.9 Å². The molecule has 1 aliphatic heterocycles. The second-order valence-corrected chi connectivity index (χ2v) is 7.72. The zero-order chi connectivity index (χ0) is 15.6. The van der Waals surface area contributed by atoms with Crippen LogP contribution >= 0.6 is 0 Å². The second kappa shape index (κ2) is 6.27. The van der Waals surface area contributed by atoms with Crippen LogP contribution in [0.15, 0.2) is 6.07 Å². The highest BCUT2D eigenvalue weighted by Crippen LogP contribution is 2.34. The molecule has 6 nitrogen and oxygen atoms in total. The van der Waals surface area contributed by atoms with E-state index in [4.69, 9.17) is 0 Å². The summed E-state index contributed by atoms with van der Waals surface area (Å²) in [6, 6.07) is 1.75. The molecule has 0 radical (unpaired) electrons. The molecule has 1 fully saturated rings. The summed E-state index contributed by atoms with van der Waals surface area (Å²) in [6.45, 7) is 4.32. The van der Waals surface area contributed by atoms with Gasteiger partial charge in [0.15, 0.2) is 0 Å². The van der Waals surface area contributed by atoms with Gasteiger partial charge in [-0.1, -0.05) is 6.92 Å². The fraction of sp³-hybridized carbons (Fsp3) is 0.714. The van der Waals surface area contributed by atoms with Gasteiger partial charge < -0.3 is 4.90 Å². The monoisotopic (exact) mass is 312 g/mol. The molecule has 0 saturated carbocycles. The molecule has 1 unspecified atom stereocenters. The molecule has 1 atom stereocenters. The molecule has 2 heterocycles. The molecule has 0 amide bonds. The Morgan fingerprint density at radius 2 is 2.10 bits per heavy atom. The normalized spacial score (nSPS) is 19.9. The maximum atomic E-state index is 12.4. The second-order valence-electron chi connectivity index (χ2n) is 5.68. The summed E-state index contributed by atoms with van der Waals surface area (Å²) < 4.78 is 26.4. The van der Waals surface area contributed by atoms with Crippen LogP contribution in [0.5, 0.6) is 0 Å². The number of hydrogen-bond acceptors (Lipinski definition) is 5. The Kier molecular flexibility index (Phi) is 4.83. The first-order chi connectivity index (χ1) is 9.85. The van der Waals surface area contributed by atoms with Crippen molar-refractivity contribution in [2.24, 2.45) is 0 Å². The predicted octanol–water partition coefficient (Wildman–Crippen LogP) is 1.73. The fourth-order valence-corrected chi connectivity index (χ4v) is 4.48. The van der Waals surface area contributed by atoms with Crippen LogP contribution < -0.4 is 4.90 Å². The smallest absolute Gasteiger partial charge is 0.214 e. The molecular weight excluding hydrogens is 288 g/mol. The van der Waals surface area contributed by atoms with Crippen LogP contribution in [0.1, 0.15) is 43.7 Å². The summed E-state index contributed by atoms with van der Waals surface area (Å²) in [5, 5.41) is 0. The van der Waals surface area contributed by atoms with E-state index in [2.05, 4.69) is 9.97 Å². The lowest BCUT2D eigenvalue weighted by molar-refractivity contribution is 0.389. The number of nitrogens with zero attached hydrogens (tertiary/aromatic N) is 4. The molecule has 1 saturated heterocycles. The van der Waals surface area contributed by atoms with E-state index in [1.54, 1.807) is 4.31 Å². The highest BCUT2D eigenvalue weighted by Gasteiger charge is 2.35. The van der Waals surface area contributed by atoms with Crippen molar-refractivity contribution in [3.8, 4) is 0 Å². The predicted molar refractivity (Wildman–Crippen MR) is 83.9 cm³/mol. The number of aryl methyl sites for hydroxylation is 1. The Bertz CT molecular complexity index is 601. The zero-order valence-electron chi connectivity index (χ0n) is 13.2. The van der Waals surface area contributed by atoms with Crippen LogP contribution in [0.4, 0.5) is 5.82 Å². The molecule has 1 aromatic rings. The summed E-state index contributed by atoms with van der Waals surface area (Å²) in [6.07, 6.45) is 2.34. The lowest BCUT2D eigenvalue weighted by Gasteiger charge is -2.24. The van der Waals surface area contributed by atoms with Gasteiger partial charge in [0.2, 0.25) is 10.0 Å².